The summed E-state index contributed by atoms with van der Waals surface area (Å²) in [6.07, 6.45) is 0.948. The molecule has 0 aromatic heterocycles. The smallest absolute Gasteiger partial charge is 0.319 e. The fraction of sp³-hybridized carbons (Fsp3) is 0.875. The van der Waals surface area contributed by atoms with Crippen molar-refractivity contribution in [2.24, 2.45) is 0 Å². The lowest BCUT2D eigenvalue weighted by Gasteiger charge is -2.22. The van der Waals surface area contributed by atoms with Crippen LogP contribution in [0, 0.1) is 0 Å². The number of rotatable bonds is 3. The number of carbonyl (C=O) groups is 1. The molecule has 1 saturated heterocycles. The molecule has 0 spiro atoms. The molecule has 0 amide bonds. The number of methoxy groups -OCH3 is 1. The van der Waals surface area contributed by atoms with Gasteiger partial charge in [0.15, 0.2) is 0 Å². The summed E-state index contributed by atoms with van der Waals surface area (Å²) < 4.78 is 9.72. The lowest BCUT2D eigenvalue weighted by molar-refractivity contribution is -0.139. The van der Waals surface area contributed by atoms with E-state index in [1.165, 1.54) is 7.11 Å². The molecule has 0 aromatic carbocycles. The van der Waals surface area contributed by atoms with Crippen LogP contribution >= 0.6 is 0 Å². The Labute approximate surface area is 72.2 Å². The molecule has 4 nitrogen and oxygen atoms in total. The Balaban J connectivity index is 2.25. The van der Waals surface area contributed by atoms with Crippen molar-refractivity contribution >= 4 is 5.97 Å². The van der Waals surface area contributed by atoms with Crippen molar-refractivity contribution in [2.45, 2.75) is 18.9 Å². The first-order valence-corrected chi connectivity index (χ1v) is 4.06. The van der Waals surface area contributed by atoms with Crippen molar-refractivity contribution in [3.63, 3.8) is 0 Å². The van der Waals surface area contributed by atoms with Gasteiger partial charge in [-0.25, -0.2) is 0 Å². The van der Waals surface area contributed by atoms with Gasteiger partial charge in [0.1, 0.15) is 0 Å². The first kappa shape index (κ1) is 9.48. The molecule has 0 radical (unpaired) electrons. The van der Waals surface area contributed by atoms with Gasteiger partial charge in [-0.2, -0.15) is 0 Å². The fourth-order valence-corrected chi connectivity index (χ4v) is 1.16. The Bertz CT molecular complexity index is 164. The minimum absolute atomic E-state index is 0.0474. The van der Waals surface area contributed by atoms with Gasteiger partial charge in [0.25, 0.3) is 0 Å². The van der Waals surface area contributed by atoms with E-state index in [1.807, 2.05) is 6.92 Å². The molecule has 4 heteroatoms. The van der Waals surface area contributed by atoms with Crippen LogP contribution in [-0.4, -0.2) is 38.4 Å². The van der Waals surface area contributed by atoms with E-state index >= 15 is 0 Å². The van der Waals surface area contributed by atoms with E-state index in [-0.39, 0.29) is 18.1 Å². The molecule has 1 aliphatic rings. The van der Waals surface area contributed by atoms with Crippen LogP contribution in [0.4, 0.5) is 0 Å². The third-order valence-corrected chi connectivity index (χ3v) is 2.11. The van der Waals surface area contributed by atoms with Crippen LogP contribution in [0.2, 0.25) is 0 Å². The molecule has 1 unspecified atom stereocenters. The van der Waals surface area contributed by atoms with E-state index in [1.54, 1.807) is 0 Å². The first-order valence-electron chi connectivity index (χ1n) is 4.06. The Morgan fingerprint density at radius 3 is 3.00 bits per heavy atom. The summed E-state index contributed by atoms with van der Waals surface area (Å²) in [6, 6.07) is 0. The third kappa shape index (κ3) is 2.46. The zero-order chi connectivity index (χ0) is 9.03. The van der Waals surface area contributed by atoms with E-state index in [9.17, 15) is 4.79 Å². The third-order valence-electron chi connectivity index (χ3n) is 2.11. The SMILES string of the molecule is COC(=O)CNC1(C)CCOC1. The van der Waals surface area contributed by atoms with Crippen molar-refractivity contribution in [1.82, 2.24) is 5.32 Å². The standard InChI is InChI=1S/C8H15NO3/c1-8(3-4-12-6-8)9-5-7(10)11-2/h9H,3-6H2,1-2H3. The average molecular weight is 173 g/mol. The molecule has 0 bridgehead atoms. The second-order valence-electron chi connectivity index (χ2n) is 3.29. The van der Waals surface area contributed by atoms with Crippen molar-refractivity contribution in [3.05, 3.63) is 0 Å². The number of carbonyl (C=O) groups excluding carboxylic acids is 1. The monoisotopic (exact) mass is 173 g/mol. The maximum atomic E-state index is 10.8. The van der Waals surface area contributed by atoms with Gasteiger partial charge >= 0.3 is 5.97 Å². The summed E-state index contributed by atoms with van der Waals surface area (Å²) in [5.74, 6) is -0.233. The highest BCUT2D eigenvalue weighted by Crippen LogP contribution is 2.16. The maximum absolute atomic E-state index is 10.8. The maximum Gasteiger partial charge on any atom is 0.319 e. The van der Waals surface area contributed by atoms with Crippen LogP contribution in [0.25, 0.3) is 0 Å². The van der Waals surface area contributed by atoms with Gasteiger partial charge in [0.2, 0.25) is 0 Å². The number of hydrogen-bond donors (Lipinski definition) is 1. The summed E-state index contributed by atoms with van der Waals surface area (Å²) >= 11 is 0. The topological polar surface area (TPSA) is 47.6 Å². The molecule has 1 atom stereocenters. The minimum atomic E-state index is -0.233. The van der Waals surface area contributed by atoms with E-state index in [0.717, 1.165) is 13.0 Å². The minimum Gasteiger partial charge on any atom is -0.468 e. The van der Waals surface area contributed by atoms with Gasteiger partial charge in [0.05, 0.1) is 20.3 Å². The molecule has 1 fully saturated rings. The first-order chi connectivity index (χ1) is 5.66. The Kier molecular flexibility index (Phi) is 3.05. The lowest BCUT2D eigenvalue weighted by atomic mass is 10.0. The van der Waals surface area contributed by atoms with E-state index < -0.39 is 0 Å². The van der Waals surface area contributed by atoms with Gasteiger partial charge in [-0.05, 0) is 13.3 Å². The normalized spacial score (nSPS) is 28.8. The zero-order valence-corrected chi connectivity index (χ0v) is 7.55. The Hall–Kier alpha value is -0.610. The highest BCUT2D eigenvalue weighted by Gasteiger charge is 2.29. The molecule has 0 saturated carbocycles. The molecule has 0 aliphatic carbocycles. The summed E-state index contributed by atoms with van der Waals surface area (Å²) in [7, 11) is 1.39. The average Bonchev–Trinajstić information content (AvgIpc) is 2.49. The molecular formula is C8H15NO3. The van der Waals surface area contributed by atoms with Gasteiger partial charge in [0, 0.05) is 12.1 Å². The van der Waals surface area contributed by atoms with Gasteiger partial charge in [-0.15, -0.1) is 0 Å². The van der Waals surface area contributed by atoms with Crippen molar-refractivity contribution in [3.8, 4) is 0 Å². The molecule has 12 heavy (non-hydrogen) atoms. The molecule has 1 heterocycles. The molecule has 1 rings (SSSR count). The zero-order valence-electron chi connectivity index (χ0n) is 7.55. The molecule has 0 aromatic rings. The molecule has 70 valence electrons. The van der Waals surface area contributed by atoms with Gasteiger partial charge in [-0.1, -0.05) is 0 Å². The lowest BCUT2D eigenvalue weighted by Crippen LogP contribution is -2.45. The van der Waals surface area contributed by atoms with Crippen LogP contribution in [0.15, 0.2) is 0 Å². The van der Waals surface area contributed by atoms with Gasteiger partial charge in [-0.3, -0.25) is 10.1 Å². The van der Waals surface area contributed by atoms with Crippen LogP contribution in [0.5, 0.6) is 0 Å². The van der Waals surface area contributed by atoms with Gasteiger partial charge < -0.3 is 9.47 Å². The van der Waals surface area contributed by atoms with E-state index in [0.29, 0.717) is 6.61 Å². The molecule has 1 N–H and O–H groups in total. The highest BCUT2D eigenvalue weighted by molar-refractivity contribution is 5.71. The highest BCUT2D eigenvalue weighted by atomic mass is 16.5. The van der Waals surface area contributed by atoms with Crippen molar-refractivity contribution < 1.29 is 14.3 Å². The predicted octanol–water partition coefficient (Wildman–Crippen LogP) is -0.0720. The summed E-state index contributed by atoms with van der Waals surface area (Å²) in [4.78, 5) is 10.8. The number of nitrogens with one attached hydrogen (secondary N) is 1. The quantitative estimate of drug-likeness (QED) is 0.607. The predicted molar refractivity (Wildman–Crippen MR) is 43.9 cm³/mol. The summed E-state index contributed by atoms with van der Waals surface area (Å²) in [6.45, 7) is 3.74. The fourth-order valence-electron chi connectivity index (χ4n) is 1.16. The summed E-state index contributed by atoms with van der Waals surface area (Å²) in [5, 5.41) is 3.11. The number of esters is 1. The number of hydrogen-bond acceptors (Lipinski definition) is 4. The Morgan fingerprint density at radius 2 is 2.50 bits per heavy atom. The van der Waals surface area contributed by atoms with Crippen LogP contribution in [0.3, 0.4) is 0 Å². The van der Waals surface area contributed by atoms with Crippen LogP contribution < -0.4 is 5.32 Å². The van der Waals surface area contributed by atoms with E-state index in [2.05, 4.69) is 10.1 Å². The number of ether oxygens (including phenoxy) is 2. The van der Waals surface area contributed by atoms with Crippen molar-refractivity contribution in [1.29, 1.82) is 0 Å². The second kappa shape index (κ2) is 3.87. The molecular weight excluding hydrogens is 158 g/mol. The van der Waals surface area contributed by atoms with Crippen molar-refractivity contribution in [2.75, 3.05) is 26.9 Å². The second-order valence-corrected chi connectivity index (χ2v) is 3.29. The summed E-state index contributed by atoms with van der Waals surface area (Å²) in [5.41, 5.74) is -0.0474. The Morgan fingerprint density at radius 1 is 1.75 bits per heavy atom. The largest absolute Gasteiger partial charge is 0.468 e. The van der Waals surface area contributed by atoms with Crippen LogP contribution in [-0.2, 0) is 14.3 Å². The van der Waals surface area contributed by atoms with E-state index in [4.69, 9.17) is 4.74 Å². The molecule has 1 aliphatic heterocycles. The van der Waals surface area contributed by atoms with Crippen LogP contribution in [0.1, 0.15) is 13.3 Å².